The summed E-state index contributed by atoms with van der Waals surface area (Å²) in [5.41, 5.74) is 6.45. The molecule has 0 aliphatic heterocycles. The quantitative estimate of drug-likeness (QED) is 0.827. The molecule has 20 heavy (non-hydrogen) atoms. The molecule has 1 aromatic heterocycles. The van der Waals surface area contributed by atoms with Gasteiger partial charge in [0.05, 0.1) is 5.54 Å². The predicted octanol–water partition coefficient (Wildman–Crippen LogP) is 1.16. The molecule has 1 aliphatic rings. The van der Waals surface area contributed by atoms with Crippen molar-refractivity contribution in [2.75, 3.05) is 6.54 Å². The second-order valence-corrected chi connectivity index (χ2v) is 7.02. The van der Waals surface area contributed by atoms with E-state index in [9.17, 15) is 9.59 Å². The number of nitrogens with zero attached hydrogens (tertiary/aromatic N) is 1. The number of amides is 1. The van der Waals surface area contributed by atoms with Gasteiger partial charge >= 0.3 is 4.87 Å². The summed E-state index contributed by atoms with van der Waals surface area (Å²) in [6.07, 6.45) is 2.59. The lowest BCUT2D eigenvalue weighted by molar-refractivity contribution is -0.123. The molecule has 1 aromatic rings. The van der Waals surface area contributed by atoms with Crippen LogP contribution in [0.1, 0.15) is 36.8 Å². The van der Waals surface area contributed by atoms with Crippen molar-refractivity contribution < 1.29 is 4.79 Å². The molecule has 5 nitrogen and oxygen atoms in total. The summed E-state index contributed by atoms with van der Waals surface area (Å²) in [6.45, 7) is 6.75. The fourth-order valence-corrected chi connectivity index (χ4v) is 3.34. The molecular weight excluding hydrogens is 274 g/mol. The van der Waals surface area contributed by atoms with Gasteiger partial charge in [-0.1, -0.05) is 11.3 Å². The van der Waals surface area contributed by atoms with Crippen molar-refractivity contribution in [3.8, 4) is 0 Å². The molecule has 112 valence electrons. The zero-order chi connectivity index (χ0) is 14.9. The highest BCUT2D eigenvalue weighted by molar-refractivity contribution is 7.09. The van der Waals surface area contributed by atoms with Gasteiger partial charge in [0.15, 0.2) is 0 Å². The monoisotopic (exact) mass is 297 g/mol. The Labute approximate surface area is 123 Å². The minimum atomic E-state index is -0.290. The van der Waals surface area contributed by atoms with Gasteiger partial charge < -0.3 is 15.6 Å². The minimum Gasteiger partial charge on any atom is -0.349 e. The minimum absolute atomic E-state index is 0.0107. The number of carbonyl (C=O) groups is 1. The Morgan fingerprint density at radius 3 is 2.60 bits per heavy atom. The van der Waals surface area contributed by atoms with Gasteiger partial charge in [-0.25, -0.2) is 0 Å². The topological polar surface area (TPSA) is 77.1 Å². The van der Waals surface area contributed by atoms with Gasteiger partial charge in [-0.3, -0.25) is 9.59 Å². The van der Waals surface area contributed by atoms with E-state index in [4.69, 9.17) is 5.73 Å². The Bertz CT molecular complexity index is 559. The standard InChI is InChI=1S/C14H23N3O2S/c1-9-10(2)20-13(19)17(9)7-6-12(18)16-14(3,8-15)11-4-5-11/h11H,4-8,15H2,1-3H3,(H,16,18). The molecule has 0 radical (unpaired) electrons. The number of nitrogens with one attached hydrogen (secondary N) is 1. The van der Waals surface area contributed by atoms with E-state index >= 15 is 0 Å². The average molecular weight is 297 g/mol. The van der Waals surface area contributed by atoms with Crippen LogP contribution in [0.4, 0.5) is 0 Å². The third-order valence-electron chi connectivity index (χ3n) is 4.27. The number of nitrogens with two attached hydrogens (primary N) is 1. The highest BCUT2D eigenvalue weighted by atomic mass is 32.1. The van der Waals surface area contributed by atoms with Crippen LogP contribution in [0.5, 0.6) is 0 Å². The Kier molecular flexibility index (Phi) is 4.34. The number of thiazole rings is 1. The fraction of sp³-hybridized carbons (Fsp3) is 0.714. The van der Waals surface area contributed by atoms with Crippen molar-refractivity contribution in [3.05, 3.63) is 20.2 Å². The normalized spacial score (nSPS) is 17.8. The number of aromatic nitrogens is 1. The van der Waals surface area contributed by atoms with E-state index in [1.54, 1.807) is 4.57 Å². The smallest absolute Gasteiger partial charge is 0.307 e. The zero-order valence-electron chi connectivity index (χ0n) is 12.4. The number of hydrogen-bond acceptors (Lipinski definition) is 4. The van der Waals surface area contributed by atoms with Crippen LogP contribution in [0.3, 0.4) is 0 Å². The Morgan fingerprint density at radius 1 is 1.50 bits per heavy atom. The summed E-state index contributed by atoms with van der Waals surface area (Å²) >= 11 is 1.24. The second kappa shape index (κ2) is 5.69. The largest absolute Gasteiger partial charge is 0.349 e. The summed E-state index contributed by atoms with van der Waals surface area (Å²) in [5.74, 6) is 0.476. The molecule has 3 N–H and O–H groups in total. The molecule has 6 heteroatoms. The Balaban J connectivity index is 1.94. The van der Waals surface area contributed by atoms with Crippen molar-refractivity contribution in [1.29, 1.82) is 0 Å². The SMILES string of the molecule is Cc1sc(=O)n(CCC(=O)NC(C)(CN)C2CC2)c1C. The van der Waals surface area contributed by atoms with Crippen molar-refractivity contribution >= 4 is 17.2 Å². The van der Waals surface area contributed by atoms with Crippen molar-refractivity contribution in [1.82, 2.24) is 9.88 Å². The van der Waals surface area contributed by atoms with Crippen molar-refractivity contribution in [2.45, 2.75) is 52.1 Å². The Hall–Kier alpha value is -1.14. The van der Waals surface area contributed by atoms with E-state index in [0.29, 0.717) is 25.4 Å². The molecule has 1 atom stereocenters. The summed E-state index contributed by atoms with van der Waals surface area (Å²) < 4.78 is 1.68. The first-order valence-corrected chi connectivity index (χ1v) is 7.87. The van der Waals surface area contributed by atoms with Gasteiger partial charge in [-0.2, -0.15) is 0 Å². The Morgan fingerprint density at radius 2 is 2.15 bits per heavy atom. The maximum absolute atomic E-state index is 12.1. The van der Waals surface area contributed by atoms with E-state index in [-0.39, 0.29) is 16.3 Å². The van der Waals surface area contributed by atoms with Crippen LogP contribution in [0.2, 0.25) is 0 Å². The van der Waals surface area contributed by atoms with Crippen LogP contribution in [0.15, 0.2) is 4.79 Å². The maximum Gasteiger partial charge on any atom is 0.307 e. The summed E-state index contributed by atoms with van der Waals surface area (Å²) in [5, 5.41) is 3.05. The molecule has 1 saturated carbocycles. The van der Waals surface area contributed by atoms with Crippen LogP contribution < -0.4 is 15.9 Å². The number of hydrogen-bond donors (Lipinski definition) is 2. The summed E-state index contributed by atoms with van der Waals surface area (Å²) in [7, 11) is 0. The fourth-order valence-electron chi connectivity index (χ4n) is 2.48. The third-order valence-corrected chi connectivity index (χ3v) is 5.26. The van der Waals surface area contributed by atoms with Gasteiger partial charge in [0.2, 0.25) is 5.91 Å². The molecule has 1 heterocycles. The third kappa shape index (κ3) is 3.12. The second-order valence-electron chi connectivity index (χ2n) is 5.86. The first kappa shape index (κ1) is 15.3. The average Bonchev–Trinajstić information content (AvgIpc) is 3.19. The van der Waals surface area contributed by atoms with Crippen LogP contribution >= 0.6 is 11.3 Å². The molecule has 1 unspecified atom stereocenters. The van der Waals surface area contributed by atoms with E-state index < -0.39 is 0 Å². The maximum atomic E-state index is 12.1. The molecule has 2 rings (SSSR count). The van der Waals surface area contributed by atoms with Crippen LogP contribution in [-0.4, -0.2) is 22.6 Å². The van der Waals surface area contributed by atoms with E-state index in [1.807, 2.05) is 20.8 Å². The predicted molar refractivity (Wildman–Crippen MR) is 81.0 cm³/mol. The van der Waals surface area contributed by atoms with E-state index in [2.05, 4.69) is 5.32 Å². The molecule has 0 aromatic carbocycles. The van der Waals surface area contributed by atoms with Crippen LogP contribution in [0, 0.1) is 19.8 Å². The molecule has 1 amide bonds. The first-order valence-electron chi connectivity index (χ1n) is 7.05. The van der Waals surface area contributed by atoms with Gasteiger partial charge in [-0.15, -0.1) is 0 Å². The highest BCUT2D eigenvalue weighted by Crippen LogP contribution is 2.38. The zero-order valence-corrected chi connectivity index (χ0v) is 13.2. The highest BCUT2D eigenvalue weighted by Gasteiger charge is 2.41. The molecule has 0 saturated heterocycles. The van der Waals surface area contributed by atoms with Gasteiger partial charge in [0.25, 0.3) is 0 Å². The first-order chi connectivity index (χ1) is 9.37. The molecular formula is C14H23N3O2S. The summed E-state index contributed by atoms with van der Waals surface area (Å²) in [6, 6.07) is 0. The van der Waals surface area contributed by atoms with Crippen molar-refractivity contribution in [2.24, 2.45) is 11.7 Å². The molecule has 0 bridgehead atoms. The van der Waals surface area contributed by atoms with Crippen molar-refractivity contribution in [3.63, 3.8) is 0 Å². The molecule has 0 spiro atoms. The lowest BCUT2D eigenvalue weighted by Crippen LogP contribution is -2.53. The lowest BCUT2D eigenvalue weighted by atomic mass is 9.96. The van der Waals surface area contributed by atoms with Gasteiger partial charge in [0.1, 0.15) is 0 Å². The summed E-state index contributed by atoms with van der Waals surface area (Å²) in [4.78, 5) is 24.9. The number of aryl methyl sites for hydroxylation is 1. The van der Waals surface area contributed by atoms with Gasteiger partial charge in [-0.05, 0) is 39.5 Å². The molecule has 1 aliphatic carbocycles. The van der Waals surface area contributed by atoms with Gasteiger partial charge in [0, 0.05) is 30.1 Å². The number of rotatable bonds is 6. The van der Waals surface area contributed by atoms with E-state index in [0.717, 1.165) is 23.4 Å². The van der Waals surface area contributed by atoms with Crippen LogP contribution in [-0.2, 0) is 11.3 Å². The van der Waals surface area contributed by atoms with Crippen LogP contribution in [0.25, 0.3) is 0 Å². The molecule has 1 fully saturated rings. The lowest BCUT2D eigenvalue weighted by Gasteiger charge is -2.29. The number of carbonyl (C=O) groups excluding carboxylic acids is 1. The van der Waals surface area contributed by atoms with E-state index in [1.165, 1.54) is 11.3 Å².